The fraction of sp³-hybridized carbons (Fsp3) is 0.379. The van der Waals surface area contributed by atoms with Gasteiger partial charge in [-0.2, -0.15) is 0 Å². The number of ether oxygens (including phenoxy) is 2. The smallest absolute Gasteiger partial charge is 0.127 e. The Bertz CT molecular complexity index is 1030. The zero-order valence-electron chi connectivity index (χ0n) is 20.0. The molecule has 0 amide bonds. The highest BCUT2D eigenvalue weighted by atomic mass is 16.5. The molecule has 4 rings (SSSR count). The summed E-state index contributed by atoms with van der Waals surface area (Å²) in [6, 6.07) is 26.1. The summed E-state index contributed by atoms with van der Waals surface area (Å²) >= 11 is 0. The van der Waals surface area contributed by atoms with E-state index in [1.165, 1.54) is 22.3 Å². The average Bonchev–Trinajstić information content (AvgIpc) is 3.04. The van der Waals surface area contributed by atoms with Crippen molar-refractivity contribution in [2.45, 2.75) is 37.5 Å². The minimum atomic E-state index is -0.0759. The first-order valence-corrected chi connectivity index (χ1v) is 11.5. The van der Waals surface area contributed by atoms with Gasteiger partial charge in [0.2, 0.25) is 0 Å². The van der Waals surface area contributed by atoms with Gasteiger partial charge in [0, 0.05) is 30.0 Å². The molecule has 32 heavy (non-hydrogen) atoms. The van der Waals surface area contributed by atoms with E-state index in [-0.39, 0.29) is 11.3 Å². The quantitative estimate of drug-likeness (QED) is 0.396. The van der Waals surface area contributed by atoms with Crippen LogP contribution < -0.4 is 9.47 Å². The molecule has 0 saturated heterocycles. The Morgan fingerprint density at radius 1 is 0.875 bits per heavy atom. The van der Waals surface area contributed by atoms with Gasteiger partial charge in [-0.15, -0.1) is 0 Å². The van der Waals surface area contributed by atoms with Gasteiger partial charge in [0.05, 0.1) is 13.7 Å². The van der Waals surface area contributed by atoms with Crippen molar-refractivity contribution in [2.24, 2.45) is 0 Å². The lowest BCUT2D eigenvalue weighted by molar-refractivity contribution is 0.277. The van der Waals surface area contributed by atoms with E-state index in [0.717, 1.165) is 24.5 Å². The van der Waals surface area contributed by atoms with Crippen LogP contribution >= 0.6 is 0 Å². The lowest BCUT2D eigenvalue weighted by Gasteiger charge is -2.32. The van der Waals surface area contributed by atoms with Crippen LogP contribution in [-0.2, 0) is 5.41 Å². The Labute approximate surface area is 193 Å². The van der Waals surface area contributed by atoms with E-state index in [4.69, 9.17) is 9.47 Å². The van der Waals surface area contributed by atoms with Gasteiger partial charge >= 0.3 is 0 Å². The van der Waals surface area contributed by atoms with E-state index in [1.807, 2.05) is 0 Å². The first kappa shape index (κ1) is 22.4. The molecule has 3 nitrogen and oxygen atoms in total. The molecule has 3 heteroatoms. The normalized spacial score (nSPS) is 19.1. The number of hydrogen-bond donors (Lipinski definition) is 0. The number of nitrogens with zero attached hydrogens (tertiary/aromatic N) is 1. The maximum Gasteiger partial charge on any atom is 0.127 e. The van der Waals surface area contributed by atoms with Crippen LogP contribution in [0.15, 0.2) is 72.8 Å². The van der Waals surface area contributed by atoms with Crippen molar-refractivity contribution >= 4 is 0 Å². The first-order chi connectivity index (χ1) is 15.4. The summed E-state index contributed by atoms with van der Waals surface area (Å²) in [5.74, 6) is 2.34. The van der Waals surface area contributed by atoms with E-state index in [0.29, 0.717) is 12.5 Å². The second-order valence-corrected chi connectivity index (χ2v) is 9.59. The highest BCUT2D eigenvalue weighted by Crippen LogP contribution is 2.60. The molecule has 0 aliphatic heterocycles. The topological polar surface area (TPSA) is 21.7 Å². The molecule has 0 N–H and O–H groups in total. The molecule has 0 bridgehead atoms. The number of benzene rings is 3. The SMILES string of the molecule is COc1cc(OCCCN(C)C)c2c(c1)C(C)(C)[C@H](c1ccccc1)[C@H]2c1ccccc1. The fourth-order valence-electron chi connectivity index (χ4n) is 5.30. The summed E-state index contributed by atoms with van der Waals surface area (Å²) < 4.78 is 12.2. The maximum atomic E-state index is 6.46. The fourth-order valence-corrected chi connectivity index (χ4v) is 5.30. The summed E-state index contributed by atoms with van der Waals surface area (Å²) in [7, 11) is 5.94. The predicted octanol–water partition coefficient (Wildman–Crippen LogP) is 6.23. The average molecular weight is 430 g/mol. The summed E-state index contributed by atoms with van der Waals surface area (Å²) in [6.07, 6.45) is 0.987. The molecule has 0 unspecified atom stereocenters. The Hall–Kier alpha value is -2.78. The Balaban J connectivity index is 1.86. The first-order valence-electron chi connectivity index (χ1n) is 11.5. The van der Waals surface area contributed by atoms with Crippen molar-refractivity contribution in [2.75, 3.05) is 34.4 Å². The lowest BCUT2D eigenvalue weighted by atomic mass is 9.70. The van der Waals surface area contributed by atoms with Crippen LogP contribution in [0, 0.1) is 0 Å². The molecule has 0 spiro atoms. The van der Waals surface area contributed by atoms with Crippen molar-refractivity contribution in [1.29, 1.82) is 0 Å². The Morgan fingerprint density at radius 3 is 2.09 bits per heavy atom. The second kappa shape index (κ2) is 9.38. The van der Waals surface area contributed by atoms with Gasteiger partial charge in [0.25, 0.3) is 0 Å². The largest absolute Gasteiger partial charge is 0.497 e. The molecule has 168 valence electrons. The van der Waals surface area contributed by atoms with Crippen LogP contribution in [0.2, 0.25) is 0 Å². The highest BCUT2D eigenvalue weighted by molar-refractivity contribution is 5.61. The minimum absolute atomic E-state index is 0.0759. The van der Waals surface area contributed by atoms with Crippen molar-refractivity contribution < 1.29 is 9.47 Å². The van der Waals surface area contributed by atoms with Crippen LogP contribution in [0.25, 0.3) is 0 Å². The molecule has 3 aromatic rings. The summed E-state index contributed by atoms with van der Waals surface area (Å²) in [4.78, 5) is 2.20. The van der Waals surface area contributed by atoms with Crippen molar-refractivity contribution in [3.63, 3.8) is 0 Å². The van der Waals surface area contributed by atoms with Crippen molar-refractivity contribution in [3.05, 3.63) is 95.1 Å². The Morgan fingerprint density at radius 2 is 1.50 bits per heavy atom. The molecular weight excluding hydrogens is 394 g/mol. The highest BCUT2D eigenvalue weighted by Gasteiger charge is 2.49. The number of methoxy groups -OCH3 is 1. The van der Waals surface area contributed by atoms with Crippen molar-refractivity contribution in [3.8, 4) is 11.5 Å². The van der Waals surface area contributed by atoms with Gasteiger partial charge in [-0.25, -0.2) is 0 Å². The molecule has 0 heterocycles. The molecule has 0 saturated carbocycles. The molecule has 1 aliphatic rings. The molecule has 0 radical (unpaired) electrons. The van der Waals surface area contributed by atoms with E-state index in [9.17, 15) is 0 Å². The Kier molecular flexibility index (Phi) is 6.57. The van der Waals surface area contributed by atoms with E-state index in [2.05, 4.69) is 106 Å². The van der Waals surface area contributed by atoms with Gasteiger partial charge < -0.3 is 14.4 Å². The molecule has 1 aliphatic carbocycles. The van der Waals surface area contributed by atoms with E-state index < -0.39 is 0 Å². The third kappa shape index (κ3) is 4.27. The van der Waals surface area contributed by atoms with E-state index in [1.54, 1.807) is 7.11 Å². The zero-order valence-corrected chi connectivity index (χ0v) is 20.0. The van der Waals surface area contributed by atoms with Crippen LogP contribution in [0.3, 0.4) is 0 Å². The zero-order chi connectivity index (χ0) is 22.7. The van der Waals surface area contributed by atoms with Crippen molar-refractivity contribution in [1.82, 2.24) is 4.90 Å². The van der Waals surface area contributed by atoms with Crippen LogP contribution in [0.4, 0.5) is 0 Å². The summed E-state index contributed by atoms with van der Waals surface area (Å²) in [6.45, 7) is 6.42. The van der Waals surface area contributed by atoms with Crippen LogP contribution in [0.5, 0.6) is 11.5 Å². The molecule has 0 fully saturated rings. The number of hydrogen-bond acceptors (Lipinski definition) is 3. The standard InChI is InChI=1S/C29H35NO2/c1-29(2)24-19-23(31-5)20-25(32-18-12-17-30(3)4)27(24)26(21-13-8-6-9-14-21)28(29)22-15-10-7-11-16-22/h6-11,13-16,19-20,26,28H,12,17-18H2,1-5H3/t26-,28+/m0/s1. The van der Waals surface area contributed by atoms with Crippen LogP contribution in [-0.4, -0.2) is 39.3 Å². The molecule has 0 aromatic heterocycles. The maximum absolute atomic E-state index is 6.46. The van der Waals surface area contributed by atoms with Crippen LogP contribution in [0.1, 0.15) is 54.4 Å². The number of fused-ring (bicyclic) bond motifs is 1. The number of rotatable bonds is 8. The van der Waals surface area contributed by atoms with Gasteiger partial charge in [0.15, 0.2) is 0 Å². The lowest BCUT2D eigenvalue weighted by Crippen LogP contribution is -2.24. The van der Waals surface area contributed by atoms with Gasteiger partial charge in [-0.3, -0.25) is 0 Å². The predicted molar refractivity (Wildman–Crippen MR) is 132 cm³/mol. The minimum Gasteiger partial charge on any atom is -0.497 e. The third-order valence-corrected chi connectivity index (χ3v) is 6.79. The second-order valence-electron chi connectivity index (χ2n) is 9.59. The summed E-state index contributed by atoms with van der Waals surface area (Å²) in [5.41, 5.74) is 5.24. The molecular formula is C29H35NO2. The molecule has 2 atom stereocenters. The van der Waals surface area contributed by atoms with Gasteiger partial charge in [0.1, 0.15) is 11.5 Å². The van der Waals surface area contributed by atoms with Gasteiger partial charge in [-0.1, -0.05) is 74.5 Å². The van der Waals surface area contributed by atoms with E-state index >= 15 is 0 Å². The monoisotopic (exact) mass is 429 g/mol. The third-order valence-electron chi connectivity index (χ3n) is 6.79. The molecule has 3 aromatic carbocycles. The van der Waals surface area contributed by atoms with Gasteiger partial charge in [-0.05, 0) is 48.7 Å². The summed E-state index contributed by atoms with van der Waals surface area (Å²) in [5, 5.41) is 0.